The zero-order valence-electron chi connectivity index (χ0n) is 12.7. The first-order chi connectivity index (χ1) is 9.88. The molecule has 108 valence electrons. The second kappa shape index (κ2) is 6.04. The summed E-state index contributed by atoms with van der Waals surface area (Å²) in [4.78, 5) is 24.5. The van der Waals surface area contributed by atoms with Crippen LogP contribution in [0.2, 0.25) is 0 Å². The second-order valence-corrected chi connectivity index (χ2v) is 6.25. The van der Waals surface area contributed by atoms with E-state index in [9.17, 15) is 9.59 Å². The zero-order valence-corrected chi connectivity index (χ0v) is 12.7. The highest BCUT2D eigenvalue weighted by Crippen LogP contribution is 2.19. The average Bonchev–Trinajstić information content (AvgIpc) is 2.46. The lowest BCUT2D eigenvalue weighted by Gasteiger charge is -2.16. The fourth-order valence-corrected chi connectivity index (χ4v) is 2.03. The maximum Gasteiger partial charge on any atom is 0.193 e. The molecule has 2 aromatic rings. The molecule has 0 unspecified atom stereocenters. The number of rotatable bonds is 4. The third kappa shape index (κ3) is 3.88. The third-order valence-electron chi connectivity index (χ3n) is 3.43. The molecule has 0 aliphatic rings. The highest BCUT2D eigenvalue weighted by Gasteiger charge is 2.21. The van der Waals surface area contributed by atoms with E-state index in [-0.39, 0.29) is 17.0 Å². The molecule has 0 fully saturated rings. The minimum absolute atomic E-state index is 0.0133. The van der Waals surface area contributed by atoms with Crippen LogP contribution in [0.4, 0.5) is 0 Å². The van der Waals surface area contributed by atoms with E-state index in [1.165, 1.54) is 0 Å². The lowest BCUT2D eigenvalue weighted by atomic mass is 9.86. The number of hydrogen-bond donors (Lipinski definition) is 0. The predicted octanol–water partition coefficient (Wildman–Crippen LogP) is 4.08. The van der Waals surface area contributed by atoms with Crippen LogP contribution in [0.5, 0.6) is 0 Å². The molecule has 0 atom stereocenters. The third-order valence-corrected chi connectivity index (χ3v) is 3.43. The van der Waals surface area contributed by atoms with Crippen molar-refractivity contribution in [1.82, 2.24) is 0 Å². The summed E-state index contributed by atoms with van der Waals surface area (Å²) in [5, 5.41) is 0. The largest absolute Gasteiger partial charge is 0.299 e. The minimum atomic E-state index is -0.362. The van der Waals surface area contributed by atoms with E-state index in [4.69, 9.17) is 0 Å². The van der Waals surface area contributed by atoms with E-state index in [0.717, 1.165) is 5.56 Å². The molecule has 0 bridgehead atoms. The van der Waals surface area contributed by atoms with Crippen molar-refractivity contribution in [2.75, 3.05) is 0 Å². The van der Waals surface area contributed by atoms with Crippen LogP contribution in [-0.4, -0.2) is 11.6 Å². The fourth-order valence-electron chi connectivity index (χ4n) is 2.03. The quantitative estimate of drug-likeness (QED) is 0.791. The maximum absolute atomic E-state index is 12.4. The molecular weight excluding hydrogens is 260 g/mol. The number of Topliss-reactive ketones (excluding diaryl/α,β-unsaturated/α-hetero) is 1. The summed E-state index contributed by atoms with van der Waals surface area (Å²) in [5.41, 5.74) is 1.81. The van der Waals surface area contributed by atoms with Gasteiger partial charge in [0.15, 0.2) is 5.78 Å². The van der Waals surface area contributed by atoms with Gasteiger partial charge in [-0.3, -0.25) is 9.59 Å². The molecule has 0 aliphatic heterocycles. The van der Waals surface area contributed by atoms with Gasteiger partial charge in [0.05, 0.1) is 0 Å². The van der Waals surface area contributed by atoms with E-state index < -0.39 is 0 Å². The van der Waals surface area contributed by atoms with Crippen LogP contribution in [-0.2, 0) is 11.2 Å². The van der Waals surface area contributed by atoms with Crippen LogP contribution in [0.1, 0.15) is 42.3 Å². The first-order valence-corrected chi connectivity index (χ1v) is 7.10. The van der Waals surface area contributed by atoms with Gasteiger partial charge in [0.1, 0.15) is 5.78 Å². The minimum Gasteiger partial charge on any atom is -0.299 e. The highest BCUT2D eigenvalue weighted by atomic mass is 16.1. The van der Waals surface area contributed by atoms with Gasteiger partial charge in [0, 0.05) is 23.0 Å². The first kappa shape index (κ1) is 15.2. The van der Waals surface area contributed by atoms with Crippen molar-refractivity contribution in [2.45, 2.75) is 27.2 Å². The normalized spacial score (nSPS) is 11.2. The standard InChI is InChI=1S/C19H20O2/c1-19(2,3)17(20)13-14-8-7-11-16(12-14)18(21)15-9-5-4-6-10-15/h4-12H,13H2,1-3H3. The van der Waals surface area contributed by atoms with E-state index >= 15 is 0 Å². The Labute approximate surface area is 125 Å². The van der Waals surface area contributed by atoms with Crippen LogP contribution in [0.15, 0.2) is 54.6 Å². The molecule has 0 saturated heterocycles. The number of carbonyl (C=O) groups excluding carboxylic acids is 2. The van der Waals surface area contributed by atoms with Crippen LogP contribution in [0.25, 0.3) is 0 Å². The van der Waals surface area contributed by atoms with Gasteiger partial charge in [0.25, 0.3) is 0 Å². The molecule has 21 heavy (non-hydrogen) atoms. The van der Waals surface area contributed by atoms with Gasteiger partial charge in [0.2, 0.25) is 0 Å². The van der Waals surface area contributed by atoms with Crippen molar-refractivity contribution in [3.8, 4) is 0 Å². The summed E-state index contributed by atoms with van der Waals surface area (Å²) in [6, 6.07) is 16.5. The maximum atomic E-state index is 12.4. The van der Waals surface area contributed by atoms with Gasteiger partial charge in [-0.2, -0.15) is 0 Å². The molecule has 0 saturated carbocycles. The molecule has 0 spiro atoms. The predicted molar refractivity (Wildman–Crippen MR) is 84.5 cm³/mol. The smallest absolute Gasteiger partial charge is 0.193 e. The number of hydrogen-bond acceptors (Lipinski definition) is 2. The molecule has 0 radical (unpaired) electrons. The topological polar surface area (TPSA) is 34.1 Å². The Balaban J connectivity index is 2.22. The van der Waals surface area contributed by atoms with Crippen LogP contribution >= 0.6 is 0 Å². The SMILES string of the molecule is CC(C)(C)C(=O)Cc1cccc(C(=O)c2ccccc2)c1. The Morgan fingerprint density at radius 3 is 2.10 bits per heavy atom. The molecule has 0 N–H and O–H groups in total. The van der Waals surface area contributed by atoms with E-state index in [2.05, 4.69) is 0 Å². The van der Waals surface area contributed by atoms with Gasteiger partial charge >= 0.3 is 0 Å². The number of ketones is 2. The van der Waals surface area contributed by atoms with Crippen LogP contribution in [0.3, 0.4) is 0 Å². The fraction of sp³-hybridized carbons (Fsp3) is 0.263. The summed E-state index contributed by atoms with van der Waals surface area (Å²) in [7, 11) is 0. The van der Waals surface area contributed by atoms with E-state index in [0.29, 0.717) is 17.5 Å². The summed E-state index contributed by atoms with van der Waals surface area (Å²) in [6.07, 6.45) is 0.361. The summed E-state index contributed by atoms with van der Waals surface area (Å²) in [6.45, 7) is 5.73. The summed E-state index contributed by atoms with van der Waals surface area (Å²) in [5.74, 6) is 0.160. The Morgan fingerprint density at radius 2 is 1.48 bits per heavy atom. The van der Waals surface area contributed by atoms with Crippen molar-refractivity contribution in [3.63, 3.8) is 0 Å². The molecule has 2 nitrogen and oxygen atoms in total. The molecule has 2 rings (SSSR count). The Hall–Kier alpha value is -2.22. The Bertz CT molecular complexity index is 649. The van der Waals surface area contributed by atoms with Crippen molar-refractivity contribution < 1.29 is 9.59 Å². The van der Waals surface area contributed by atoms with E-state index in [1.807, 2.05) is 57.2 Å². The van der Waals surface area contributed by atoms with E-state index in [1.54, 1.807) is 18.2 Å². The molecule has 2 heteroatoms. The zero-order chi connectivity index (χ0) is 15.5. The van der Waals surface area contributed by atoms with Crippen molar-refractivity contribution in [2.24, 2.45) is 5.41 Å². The second-order valence-electron chi connectivity index (χ2n) is 6.25. The Kier molecular flexibility index (Phi) is 4.37. The highest BCUT2D eigenvalue weighted by molar-refractivity contribution is 6.09. The monoisotopic (exact) mass is 280 g/mol. The van der Waals surface area contributed by atoms with Gasteiger partial charge < -0.3 is 0 Å². The van der Waals surface area contributed by atoms with Crippen molar-refractivity contribution >= 4 is 11.6 Å². The first-order valence-electron chi connectivity index (χ1n) is 7.10. The average molecular weight is 280 g/mol. The van der Waals surface area contributed by atoms with Crippen LogP contribution in [0, 0.1) is 5.41 Å². The summed E-state index contributed by atoms with van der Waals surface area (Å²) < 4.78 is 0. The molecule has 2 aromatic carbocycles. The van der Waals surface area contributed by atoms with Gasteiger partial charge in [-0.15, -0.1) is 0 Å². The molecule has 0 aromatic heterocycles. The molecule has 0 aliphatic carbocycles. The van der Waals surface area contributed by atoms with Gasteiger partial charge in [-0.25, -0.2) is 0 Å². The molecular formula is C19H20O2. The van der Waals surface area contributed by atoms with Gasteiger partial charge in [-0.05, 0) is 11.6 Å². The lowest BCUT2D eigenvalue weighted by molar-refractivity contribution is -0.125. The summed E-state index contributed by atoms with van der Waals surface area (Å²) >= 11 is 0. The molecule has 0 heterocycles. The van der Waals surface area contributed by atoms with Crippen molar-refractivity contribution in [3.05, 3.63) is 71.3 Å². The number of carbonyl (C=O) groups is 2. The lowest BCUT2D eigenvalue weighted by Crippen LogP contribution is -2.22. The van der Waals surface area contributed by atoms with Crippen LogP contribution < -0.4 is 0 Å². The van der Waals surface area contributed by atoms with Gasteiger partial charge in [-0.1, -0.05) is 69.3 Å². The number of benzene rings is 2. The van der Waals surface area contributed by atoms with Crippen molar-refractivity contribution in [1.29, 1.82) is 0 Å². The Morgan fingerprint density at radius 1 is 0.857 bits per heavy atom. The molecule has 0 amide bonds.